The Hall–Kier alpha value is -1.18. The molecule has 15 heavy (non-hydrogen) atoms. The number of benzene rings is 1. The van der Waals surface area contributed by atoms with Gasteiger partial charge in [0, 0.05) is 0 Å². The van der Waals surface area contributed by atoms with Gasteiger partial charge in [0.25, 0.3) is 0 Å². The van der Waals surface area contributed by atoms with E-state index in [0.29, 0.717) is 0 Å². The van der Waals surface area contributed by atoms with E-state index in [1.54, 1.807) is 6.07 Å². The molecule has 0 amide bonds. The van der Waals surface area contributed by atoms with Crippen LogP contribution in [-0.2, 0) is 6.42 Å². The van der Waals surface area contributed by atoms with Crippen LogP contribution in [0.25, 0.3) is 0 Å². The molecule has 0 atom stereocenters. The molecule has 0 saturated heterocycles. The van der Waals surface area contributed by atoms with Crippen LogP contribution in [0.15, 0.2) is 18.2 Å². The average molecular weight is 212 g/mol. The Morgan fingerprint density at radius 3 is 2.13 bits per heavy atom. The minimum absolute atomic E-state index is 0. The van der Waals surface area contributed by atoms with Crippen molar-refractivity contribution in [1.29, 1.82) is 0 Å². The molecule has 1 aromatic carbocycles. The van der Waals surface area contributed by atoms with Gasteiger partial charge in [-0.2, -0.15) is 0 Å². The third-order valence-electron chi connectivity index (χ3n) is 1.86. The van der Waals surface area contributed by atoms with Gasteiger partial charge in [0.1, 0.15) is 0 Å². The first-order valence-corrected chi connectivity index (χ1v) is 5.25. The lowest BCUT2D eigenvalue weighted by atomic mass is 10.1. The number of phenols is 2. The van der Waals surface area contributed by atoms with Crippen LogP contribution >= 0.6 is 0 Å². The summed E-state index contributed by atoms with van der Waals surface area (Å²) in [5.41, 5.74) is 1.08. The highest BCUT2D eigenvalue weighted by Crippen LogP contribution is 2.25. The molecule has 0 fully saturated rings. The Morgan fingerprint density at radius 2 is 1.67 bits per heavy atom. The summed E-state index contributed by atoms with van der Waals surface area (Å²) in [7, 11) is 0. The molecule has 0 unspecified atom stereocenters. The maximum Gasteiger partial charge on any atom is 0.157 e. The Balaban J connectivity index is 0. The number of hydrogen-bond donors (Lipinski definition) is 2. The quantitative estimate of drug-likeness (QED) is 0.740. The summed E-state index contributed by atoms with van der Waals surface area (Å²) < 4.78 is 0. The van der Waals surface area contributed by atoms with Crippen molar-refractivity contribution in [3.05, 3.63) is 23.8 Å². The van der Waals surface area contributed by atoms with Gasteiger partial charge in [-0.05, 0) is 30.5 Å². The van der Waals surface area contributed by atoms with Crippen molar-refractivity contribution in [2.24, 2.45) is 0 Å². The summed E-state index contributed by atoms with van der Waals surface area (Å²) >= 11 is 0. The molecule has 0 aliphatic rings. The second-order valence-electron chi connectivity index (χ2n) is 2.93. The van der Waals surface area contributed by atoms with Crippen molar-refractivity contribution in [2.45, 2.75) is 47.5 Å². The van der Waals surface area contributed by atoms with E-state index in [4.69, 9.17) is 10.2 Å². The Bertz CT molecular complexity index is 257. The van der Waals surface area contributed by atoms with E-state index >= 15 is 0 Å². The minimum Gasteiger partial charge on any atom is -0.504 e. The van der Waals surface area contributed by atoms with Gasteiger partial charge in [0.15, 0.2) is 11.5 Å². The first-order chi connectivity index (χ1) is 6.74. The molecule has 0 aliphatic heterocycles. The van der Waals surface area contributed by atoms with Crippen molar-refractivity contribution in [2.75, 3.05) is 0 Å². The van der Waals surface area contributed by atoms with Crippen LogP contribution in [0.3, 0.4) is 0 Å². The van der Waals surface area contributed by atoms with Crippen LogP contribution in [0, 0.1) is 0 Å². The fraction of sp³-hybridized carbons (Fsp3) is 0.538. The zero-order valence-electron chi connectivity index (χ0n) is 9.25. The van der Waals surface area contributed by atoms with Gasteiger partial charge in [-0.1, -0.05) is 40.7 Å². The lowest BCUT2D eigenvalue weighted by molar-refractivity contribution is 0.403. The van der Waals surface area contributed by atoms with E-state index in [1.807, 2.05) is 19.9 Å². The predicted octanol–water partition coefficient (Wildman–Crippen LogP) is 4.10. The molecule has 1 aromatic rings. The Morgan fingerprint density at radius 1 is 1.07 bits per heavy atom. The van der Waals surface area contributed by atoms with Crippen LogP contribution < -0.4 is 0 Å². The summed E-state index contributed by atoms with van der Waals surface area (Å²) in [6.07, 6.45) is 3.22. The van der Waals surface area contributed by atoms with Crippen LogP contribution in [-0.4, -0.2) is 10.2 Å². The van der Waals surface area contributed by atoms with Gasteiger partial charge in [-0.3, -0.25) is 0 Å². The van der Waals surface area contributed by atoms with Gasteiger partial charge >= 0.3 is 0 Å². The summed E-state index contributed by atoms with van der Waals surface area (Å²) in [6, 6.07) is 4.98. The zero-order chi connectivity index (χ0) is 11.0. The third-order valence-corrected chi connectivity index (χ3v) is 1.86. The summed E-state index contributed by atoms with van der Waals surface area (Å²) in [6.45, 7) is 6.13. The molecule has 0 bridgehead atoms. The number of aromatic hydroxyl groups is 2. The maximum atomic E-state index is 9.15. The molecule has 2 N–H and O–H groups in total. The van der Waals surface area contributed by atoms with Crippen LogP contribution in [0.1, 0.15) is 46.6 Å². The topological polar surface area (TPSA) is 40.5 Å². The SMILES string of the molecule is C.CC.CCCCc1ccc(O)c(O)c1. The fourth-order valence-corrected chi connectivity index (χ4v) is 1.11. The Kier molecular flexibility index (Phi) is 10.2. The molecule has 0 saturated carbocycles. The van der Waals surface area contributed by atoms with Gasteiger partial charge in [0.05, 0.1) is 0 Å². The minimum atomic E-state index is -0.0461. The summed E-state index contributed by atoms with van der Waals surface area (Å²) in [5.74, 6) is -0.0705. The second-order valence-corrected chi connectivity index (χ2v) is 2.93. The zero-order valence-corrected chi connectivity index (χ0v) is 9.25. The van der Waals surface area contributed by atoms with E-state index in [0.717, 1.165) is 24.8 Å². The lowest BCUT2D eigenvalue weighted by Crippen LogP contribution is -1.83. The molecule has 2 nitrogen and oxygen atoms in total. The van der Waals surface area contributed by atoms with Crippen molar-refractivity contribution in [3.8, 4) is 11.5 Å². The average Bonchev–Trinajstić information content (AvgIpc) is 2.23. The monoisotopic (exact) mass is 212 g/mol. The van der Waals surface area contributed by atoms with E-state index in [-0.39, 0.29) is 18.9 Å². The van der Waals surface area contributed by atoms with Crippen molar-refractivity contribution < 1.29 is 10.2 Å². The van der Waals surface area contributed by atoms with E-state index in [1.165, 1.54) is 6.07 Å². The molecule has 0 spiro atoms. The van der Waals surface area contributed by atoms with Crippen molar-refractivity contribution in [1.82, 2.24) is 0 Å². The van der Waals surface area contributed by atoms with E-state index < -0.39 is 0 Å². The standard InChI is InChI=1S/C10H14O2.C2H6.CH4/c1-2-3-4-8-5-6-9(11)10(12)7-8;1-2;/h5-7,11-12H,2-4H2,1H3;1-2H3;1H4. The highest BCUT2D eigenvalue weighted by Gasteiger charge is 1.99. The first-order valence-electron chi connectivity index (χ1n) is 5.25. The molecular formula is C13H24O2. The fourth-order valence-electron chi connectivity index (χ4n) is 1.11. The Labute approximate surface area is 93.6 Å². The van der Waals surface area contributed by atoms with Crippen molar-refractivity contribution >= 4 is 0 Å². The molecule has 1 rings (SSSR count). The number of phenolic OH excluding ortho intramolecular Hbond substituents is 2. The van der Waals surface area contributed by atoms with E-state index in [9.17, 15) is 0 Å². The van der Waals surface area contributed by atoms with Crippen molar-refractivity contribution in [3.63, 3.8) is 0 Å². The highest BCUT2D eigenvalue weighted by atomic mass is 16.3. The molecule has 2 heteroatoms. The molecule has 88 valence electrons. The summed E-state index contributed by atoms with van der Waals surface area (Å²) in [5, 5.41) is 18.2. The summed E-state index contributed by atoms with van der Waals surface area (Å²) in [4.78, 5) is 0. The highest BCUT2D eigenvalue weighted by molar-refractivity contribution is 5.40. The van der Waals surface area contributed by atoms with Gasteiger partial charge in [-0.15, -0.1) is 0 Å². The van der Waals surface area contributed by atoms with Crippen LogP contribution in [0.2, 0.25) is 0 Å². The van der Waals surface area contributed by atoms with E-state index in [2.05, 4.69) is 6.92 Å². The predicted molar refractivity (Wildman–Crippen MR) is 66.5 cm³/mol. The van der Waals surface area contributed by atoms with Crippen LogP contribution in [0.5, 0.6) is 11.5 Å². The number of unbranched alkanes of at least 4 members (excludes halogenated alkanes) is 1. The molecule has 0 aromatic heterocycles. The third kappa shape index (κ3) is 6.00. The van der Waals surface area contributed by atoms with Gasteiger partial charge < -0.3 is 10.2 Å². The molecular weight excluding hydrogens is 188 g/mol. The number of rotatable bonds is 3. The molecule has 0 aliphatic carbocycles. The smallest absolute Gasteiger partial charge is 0.157 e. The number of aryl methyl sites for hydroxylation is 1. The van der Waals surface area contributed by atoms with Crippen LogP contribution in [0.4, 0.5) is 0 Å². The maximum absolute atomic E-state index is 9.15. The number of hydrogen-bond acceptors (Lipinski definition) is 2. The first kappa shape index (κ1) is 16.3. The lowest BCUT2D eigenvalue weighted by Gasteiger charge is -2.01. The molecule has 0 heterocycles. The molecule has 0 radical (unpaired) electrons. The second kappa shape index (κ2) is 9.38. The van der Waals surface area contributed by atoms with Gasteiger partial charge in [0.2, 0.25) is 0 Å². The largest absolute Gasteiger partial charge is 0.504 e. The van der Waals surface area contributed by atoms with Gasteiger partial charge in [-0.25, -0.2) is 0 Å². The normalized spacial score (nSPS) is 8.47.